The number of hydrogen-bond donors (Lipinski definition) is 2. The number of nitrogens with two attached hydrogens (primary N) is 1. The van der Waals surface area contributed by atoms with Gasteiger partial charge >= 0.3 is 0 Å². The Balaban J connectivity index is 0.000000791. The number of amides is 1. The fraction of sp³-hybridized carbons (Fsp3) is 0.300. The lowest BCUT2D eigenvalue weighted by molar-refractivity contribution is 0.0963. The lowest BCUT2D eigenvalue weighted by Gasteiger charge is -2.01. The molecule has 0 aliphatic rings. The quantitative estimate of drug-likeness (QED) is 0.729. The molecule has 0 saturated heterocycles. The summed E-state index contributed by atoms with van der Waals surface area (Å²) in [7, 11) is 4.70. The van der Waals surface area contributed by atoms with Gasteiger partial charge in [0.25, 0.3) is 5.91 Å². The molecule has 4 heteroatoms. The zero-order chi connectivity index (χ0) is 11.0. The number of ether oxygens (including phenoxy) is 1. The Morgan fingerprint density at radius 3 is 2.14 bits per heavy atom. The summed E-state index contributed by atoms with van der Waals surface area (Å²) >= 11 is 0. The topological polar surface area (TPSA) is 64.3 Å². The number of benzene rings is 1. The van der Waals surface area contributed by atoms with Crippen molar-refractivity contribution in [1.82, 2.24) is 5.32 Å². The zero-order valence-electron chi connectivity index (χ0n) is 8.70. The molecule has 0 heterocycles. The first-order valence-corrected chi connectivity index (χ1v) is 4.22. The van der Waals surface area contributed by atoms with Gasteiger partial charge in [0.2, 0.25) is 0 Å². The largest absolute Gasteiger partial charge is 0.497 e. The molecule has 0 unspecified atom stereocenters. The number of methoxy groups -OCH3 is 1. The Labute approximate surface area is 84.1 Å². The number of carbonyl (C=O) groups is 1. The third-order valence-corrected chi connectivity index (χ3v) is 1.58. The molecular formula is C10H16N2O2. The molecule has 0 radical (unpaired) electrons. The average molecular weight is 196 g/mol. The monoisotopic (exact) mass is 196 g/mol. The van der Waals surface area contributed by atoms with Crippen LogP contribution in [-0.4, -0.2) is 27.1 Å². The van der Waals surface area contributed by atoms with Crippen LogP contribution >= 0.6 is 0 Å². The Kier molecular flexibility index (Phi) is 6.15. The summed E-state index contributed by atoms with van der Waals surface area (Å²) in [5.41, 5.74) is 5.14. The molecule has 1 aromatic carbocycles. The Morgan fingerprint density at radius 1 is 1.29 bits per heavy atom. The third kappa shape index (κ3) is 3.45. The second-order valence-corrected chi connectivity index (χ2v) is 2.31. The van der Waals surface area contributed by atoms with Gasteiger partial charge in [0.05, 0.1) is 7.11 Å². The molecule has 3 N–H and O–H groups in total. The molecular weight excluding hydrogens is 180 g/mol. The lowest BCUT2D eigenvalue weighted by atomic mass is 10.2. The number of carbonyl (C=O) groups excluding carboxylic acids is 1. The van der Waals surface area contributed by atoms with Gasteiger partial charge in [0, 0.05) is 12.6 Å². The molecule has 4 nitrogen and oxygen atoms in total. The van der Waals surface area contributed by atoms with E-state index >= 15 is 0 Å². The van der Waals surface area contributed by atoms with Crippen LogP contribution in [0.15, 0.2) is 24.3 Å². The van der Waals surface area contributed by atoms with Crippen molar-refractivity contribution in [2.45, 2.75) is 0 Å². The van der Waals surface area contributed by atoms with Crippen molar-refractivity contribution < 1.29 is 9.53 Å². The first-order valence-electron chi connectivity index (χ1n) is 4.22. The van der Waals surface area contributed by atoms with Gasteiger partial charge < -0.3 is 15.8 Å². The first kappa shape index (κ1) is 12.4. The summed E-state index contributed by atoms with van der Waals surface area (Å²) in [6, 6.07) is 6.95. The third-order valence-electron chi connectivity index (χ3n) is 1.58. The van der Waals surface area contributed by atoms with Crippen LogP contribution in [0, 0.1) is 0 Å². The second kappa shape index (κ2) is 6.91. The molecule has 14 heavy (non-hydrogen) atoms. The van der Waals surface area contributed by atoms with Gasteiger partial charge in [-0.15, -0.1) is 0 Å². The molecule has 0 bridgehead atoms. The van der Waals surface area contributed by atoms with E-state index in [1.807, 2.05) is 0 Å². The van der Waals surface area contributed by atoms with E-state index in [4.69, 9.17) is 4.74 Å². The van der Waals surface area contributed by atoms with Crippen LogP contribution in [0.5, 0.6) is 5.75 Å². The number of nitrogens with one attached hydrogen (secondary N) is 1. The molecule has 0 spiro atoms. The van der Waals surface area contributed by atoms with Gasteiger partial charge in [0.1, 0.15) is 5.75 Å². The van der Waals surface area contributed by atoms with Gasteiger partial charge in [-0.05, 0) is 31.3 Å². The fourth-order valence-electron chi connectivity index (χ4n) is 0.887. The van der Waals surface area contributed by atoms with Crippen molar-refractivity contribution in [2.75, 3.05) is 21.2 Å². The van der Waals surface area contributed by atoms with Crippen LogP contribution in [0.3, 0.4) is 0 Å². The highest BCUT2D eigenvalue weighted by Crippen LogP contribution is 2.10. The molecule has 0 aliphatic heterocycles. The van der Waals surface area contributed by atoms with E-state index in [1.165, 1.54) is 7.05 Å². The molecule has 1 rings (SSSR count). The molecule has 0 fully saturated rings. The van der Waals surface area contributed by atoms with Crippen LogP contribution < -0.4 is 15.8 Å². The maximum absolute atomic E-state index is 11.1. The van der Waals surface area contributed by atoms with E-state index in [2.05, 4.69) is 11.1 Å². The van der Waals surface area contributed by atoms with E-state index in [9.17, 15) is 4.79 Å². The van der Waals surface area contributed by atoms with Crippen LogP contribution in [0.4, 0.5) is 0 Å². The minimum atomic E-state index is -0.0855. The molecule has 78 valence electrons. The molecule has 0 saturated carbocycles. The van der Waals surface area contributed by atoms with Crippen LogP contribution in [-0.2, 0) is 0 Å². The lowest BCUT2D eigenvalue weighted by Crippen LogP contribution is -2.17. The normalized spacial score (nSPS) is 8.29. The Hall–Kier alpha value is -1.55. The van der Waals surface area contributed by atoms with Gasteiger partial charge in [-0.25, -0.2) is 0 Å². The van der Waals surface area contributed by atoms with E-state index in [0.29, 0.717) is 5.56 Å². The molecule has 0 atom stereocenters. The Morgan fingerprint density at radius 2 is 1.79 bits per heavy atom. The van der Waals surface area contributed by atoms with E-state index in [-0.39, 0.29) is 5.91 Å². The number of rotatable bonds is 2. The fourth-order valence-corrected chi connectivity index (χ4v) is 0.887. The Bertz CT molecular complexity index is 270. The molecule has 1 amide bonds. The summed E-state index contributed by atoms with van der Waals surface area (Å²) < 4.78 is 4.95. The molecule has 0 aliphatic carbocycles. The molecule has 1 aromatic rings. The van der Waals surface area contributed by atoms with Crippen molar-refractivity contribution in [3.8, 4) is 5.75 Å². The van der Waals surface area contributed by atoms with Gasteiger partial charge in [-0.3, -0.25) is 4.79 Å². The highest BCUT2D eigenvalue weighted by molar-refractivity contribution is 5.94. The summed E-state index contributed by atoms with van der Waals surface area (Å²) in [6.07, 6.45) is 0. The van der Waals surface area contributed by atoms with Crippen molar-refractivity contribution >= 4 is 5.91 Å². The number of hydrogen-bond acceptors (Lipinski definition) is 3. The highest BCUT2D eigenvalue weighted by Gasteiger charge is 2.01. The smallest absolute Gasteiger partial charge is 0.251 e. The van der Waals surface area contributed by atoms with E-state index < -0.39 is 0 Å². The zero-order valence-corrected chi connectivity index (χ0v) is 8.70. The molecule has 0 aromatic heterocycles. The summed E-state index contributed by atoms with van der Waals surface area (Å²) in [4.78, 5) is 11.1. The van der Waals surface area contributed by atoms with Gasteiger partial charge in [-0.1, -0.05) is 0 Å². The minimum absolute atomic E-state index is 0.0855. The maximum Gasteiger partial charge on any atom is 0.251 e. The van der Waals surface area contributed by atoms with Crippen LogP contribution in [0.25, 0.3) is 0 Å². The van der Waals surface area contributed by atoms with E-state index in [0.717, 1.165) is 5.75 Å². The van der Waals surface area contributed by atoms with Crippen LogP contribution in [0.1, 0.15) is 10.4 Å². The second-order valence-electron chi connectivity index (χ2n) is 2.31. The van der Waals surface area contributed by atoms with Crippen LogP contribution in [0.2, 0.25) is 0 Å². The van der Waals surface area contributed by atoms with Crippen molar-refractivity contribution in [3.05, 3.63) is 29.8 Å². The van der Waals surface area contributed by atoms with E-state index in [1.54, 1.807) is 38.4 Å². The SMILES string of the molecule is CN.CNC(=O)c1ccc(OC)cc1. The van der Waals surface area contributed by atoms with Crippen molar-refractivity contribution in [2.24, 2.45) is 5.73 Å². The summed E-state index contributed by atoms with van der Waals surface area (Å²) in [5.74, 6) is 0.667. The van der Waals surface area contributed by atoms with Crippen molar-refractivity contribution in [3.63, 3.8) is 0 Å². The standard InChI is InChI=1S/C9H11NO2.CH5N/c1-10-9(11)7-3-5-8(12-2)6-4-7;1-2/h3-6H,1-2H3,(H,10,11);2H2,1H3. The van der Waals surface area contributed by atoms with Gasteiger partial charge in [0.15, 0.2) is 0 Å². The maximum atomic E-state index is 11.1. The summed E-state index contributed by atoms with van der Waals surface area (Å²) in [6.45, 7) is 0. The highest BCUT2D eigenvalue weighted by atomic mass is 16.5. The first-order chi connectivity index (χ1) is 6.77. The average Bonchev–Trinajstić information content (AvgIpc) is 2.31. The minimum Gasteiger partial charge on any atom is -0.497 e. The predicted molar refractivity (Wildman–Crippen MR) is 56.5 cm³/mol. The summed E-state index contributed by atoms with van der Waals surface area (Å²) in [5, 5.41) is 2.54. The predicted octanol–water partition coefficient (Wildman–Crippen LogP) is 0.630. The van der Waals surface area contributed by atoms with Crippen molar-refractivity contribution in [1.29, 1.82) is 0 Å². The van der Waals surface area contributed by atoms with Gasteiger partial charge in [-0.2, -0.15) is 0 Å².